The van der Waals surface area contributed by atoms with Gasteiger partial charge in [0.25, 0.3) is 0 Å². The van der Waals surface area contributed by atoms with E-state index in [9.17, 15) is 20.0 Å². The Morgan fingerprint density at radius 3 is 2.88 bits per heavy atom. The Morgan fingerprint density at radius 1 is 1.34 bits per heavy atom. The van der Waals surface area contributed by atoms with Crippen LogP contribution in [0.15, 0.2) is 53.1 Å². The number of hydrogen-bond acceptors (Lipinski definition) is 7. The number of nitrogens with zero attached hydrogens (tertiary/aromatic N) is 1. The molecule has 0 saturated carbocycles. The third-order valence-corrected chi connectivity index (χ3v) is 5.76. The topological polar surface area (TPSA) is 121 Å². The molecule has 1 atom stereocenters. The van der Waals surface area contributed by atoms with Gasteiger partial charge in [-0.2, -0.15) is 5.26 Å². The number of carbonyl (C=O) groups excluding carboxylic acids is 2. The summed E-state index contributed by atoms with van der Waals surface area (Å²) in [6.45, 7) is 2.17. The molecule has 0 radical (unpaired) electrons. The number of aromatic hydroxyl groups is 1. The van der Waals surface area contributed by atoms with Crippen LogP contribution in [0.5, 0.6) is 17.2 Å². The van der Waals surface area contributed by atoms with E-state index in [1.54, 1.807) is 50.4 Å². The van der Waals surface area contributed by atoms with Gasteiger partial charge in [0.1, 0.15) is 5.75 Å². The molecule has 166 valence electrons. The van der Waals surface area contributed by atoms with Crippen molar-refractivity contribution in [2.45, 2.75) is 19.3 Å². The molecule has 3 rings (SSSR count). The second kappa shape index (κ2) is 10.6. The molecule has 0 bridgehead atoms. The Balaban J connectivity index is 1.77. The highest BCUT2D eigenvalue weighted by molar-refractivity contribution is 8.03. The molecule has 1 heterocycles. The molecule has 8 nitrogen and oxygen atoms in total. The maximum absolute atomic E-state index is 12.4. The number of thioether (sulfide) groups is 1. The van der Waals surface area contributed by atoms with Crippen LogP contribution < -0.4 is 20.1 Å². The van der Waals surface area contributed by atoms with Gasteiger partial charge in [0.05, 0.1) is 36.1 Å². The molecule has 2 aromatic carbocycles. The van der Waals surface area contributed by atoms with Gasteiger partial charge in [0, 0.05) is 24.1 Å². The van der Waals surface area contributed by atoms with Crippen LogP contribution in [0.3, 0.4) is 0 Å². The first-order chi connectivity index (χ1) is 15.4. The van der Waals surface area contributed by atoms with Gasteiger partial charge >= 0.3 is 0 Å². The first kappa shape index (κ1) is 23.0. The summed E-state index contributed by atoms with van der Waals surface area (Å²) < 4.78 is 10.6. The first-order valence-corrected chi connectivity index (χ1v) is 10.9. The number of rotatable bonds is 8. The smallest absolute Gasteiger partial charge is 0.234 e. The third kappa shape index (κ3) is 5.53. The highest BCUT2D eigenvalue weighted by Crippen LogP contribution is 2.39. The number of carbonyl (C=O) groups is 2. The van der Waals surface area contributed by atoms with E-state index in [0.29, 0.717) is 40.0 Å². The number of methoxy groups -OCH3 is 1. The van der Waals surface area contributed by atoms with Gasteiger partial charge in [0.15, 0.2) is 11.5 Å². The van der Waals surface area contributed by atoms with Crippen LogP contribution >= 0.6 is 11.8 Å². The number of benzene rings is 2. The molecule has 1 aliphatic rings. The van der Waals surface area contributed by atoms with Crippen molar-refractivity contribution in [3.8, 4) is 23.3 Å². The zero-order valence-corrected chi connectivity index (χ0v) is 18.5. The maximum Gasteiger partial charge on any atom is 0.234 e. The van der Waals surface area contributed by atoms with Crippen LogP contribution in [0.1, 0.15) is 24.8 Å². The van der Waals surface area contributed by atoms with Crippen molar-refractivity contribution in [3.05, 3.63) is 58.6 Å². The van der Waals surface area contributed by atoms with Gasteiger partial charge in [-0.05, 0) is 36.8 Å². The second-order valence-electron chi connectivity index (χ2n) is 6.89. The molecular weight excluding hydrogens is 430 g/mol. The molecule has 3 N–H and O–H groups in total. The molecule has 0 unspecified atom stereocenters. The van der Waals surface area contributed by atoms with Crippen molar-refractivity contribution < 1.29 is 24.2 Å². The standard InChI is InChI=1S/C23H23N3O5S/c1-3-31-20-9-14(7-8-19(20)27)17-11-21(28)26-23(18(17)12-24)32-13-22(29)25-15-5-4-6-16(10-15)30-2/h4-10,17,27H,3,11,13H2,1-2H3,(H,25,29)(H,26,28)/t17-/m0/s1. The fourth-order valence-electron chi connectivity index (χ4n) is 3.27. The summed E-state index contributed by atoms with van der Waals surface area (Å²) in [6, 6.07) is 13.9. The Kier molecular flexibility index (Phi) is 7.63. The quantitative estimate of drug-likeness (QED) is 0.559. The Morgan fingerprint density at radius 2 is 2.16 bits per heavy atom. The summed E-state index contributed by atoms with van der Waals surface area (Å²) in [4.78, 5) is 24.7. The summed E-state index contributed by atoms with van der Waals surface area (Å²) in [5.41, 5.74) is 1.62. The molecule has 0 spiro atoms. The normalized spacial score (nSPS) is 15.5. The zero-order chi connectivity index (χ0) is 23.1. The lowest BCUT2D eigenvalue weighted by atomic mass is 9.87. The van der Waals surface area contributed by atoms with Crippen molar-refractivity contribution in [2.24, 2.45) is 0 Å². The van der Waals surface area contributed by atoms with Gasteiger partial charge < -0.3 is 25.2 Å². The molecular formula is C23H23N3O5S. The van der Waals surface area contributed by atoms with Crippen LogP contribution in [0.4, 0.5) is 5.69 Å². The van der Waals surface area contributed by atoms with Gasteiger partial charge in [0.2, 0.25) is 11.8 Å². The minimum absolute atomic E-state index is 0.00446. The Labute approximate surface area is 190 Å². The average Bonchev–Trinajstić information content (AvgIpc) is 2.79. The van der Waals surface area contributed by atoms with E-state index in [1.165, 1.54) is 6.07 Å². The van der Waals surface area contributed by atoms with Crippen molar-refractivity contribution in [3.63, 3.8) is 0 Å². The lowest BCUT2D eigenvalue weighted by molar-refractivity contribution is -0.121. The van der Waals surface area contributed by atoms with E-state index in [-0.39, 0.29) is 29.7 Å². The van der Waals surface area contributed by atoms with E-state index in [1.807, 2.05) is 0 Å². The maximum atomic E-state index is 12.4. The van der Waals surface area contributed by atoms with E-state index >= 15 is 0 Å². The fraction of sp³-hybridized carbons (Fsp3) is 0.261. The van der Waals surface area contributed by atoms with Crippen molar-refractivity contribution >= 4 is 29.3 Å². The van der Waals surface area contributed by atoms with Crippen molar-refractivity contribution in [2.75, 3.05) is 24.8 Å². The molecule has 0 fully saturated rings. The summed E-state index contributed by atoms with van der Waals surface area (Å²) in [5, 5.41) is 25.6. The number of ether oxygens (including phenoxy) is 2. The summed E-state index contributed by atoms with van der Waals surface area (Å²) >= 11 is 1.09. The number of anilines is 1. The highest BCUT2D eigenvalue weighted by atomic mass is 32.2. The second-order valence-corrected chi connectivity index (χ2v) is 7.87. The van der Waals surface area contributed by atoms with Crippen LogP contribution in [0, 0.1) is 11.3 Å². The van der Waals surface area contributed by atoms with Crippen molar-refractivity contribution in [1.29, 1.82) is 5.26 Å². The third-order valence-electron chi connectivity index (χ3n) is 4.74. The largest absolute Gasteiger partial charge is 0.504 e. The Hall–Kier alpha value is -3.64. The number of nitrogens with one attached hydrogen (secondary N) is 2. The molecule has 0 saturated heterocycles. The van der Waals surface area contributed by atoms with Gasteiger partial charge in [-0.25, -0.2) is 0 Å². The lowest BCUT2D eigenvalue weighted by Gasteiger charge is -2.25. The van der Waals surface area contributed by atoms with Crippen molar-refractivity contribution in [1.82, 2.24) is 5.32 Å². The fourth-order valence-corrected chi connectivity index (χ4v) is 4.15. The molecule has 0 aromatic heterocycles. The molecule has 9 heteroatoms. The predicted molar refractivity (Wildman–Crippen MR) is 121 cm³/mol. The number of phenols is 1. The number of phenolic OH excluding ortho intramolecular Hbond substituents is 1. The van der Waals surface area contributed by atoms with Gasteiger partial charge in [-0.1, -0.05) is 23.9 Å². The summed E-state index contributed by atoms with van der Waals surface area (Å²) in [5.74, 6) is -0.138. The van der Waals surface area contributed by atoms with Gasteiger partial charge in [-0.15, -0.1) is 0 Å². The Bertz CT molecular complexity index is 1090. The van der Waals surface area contributed by atoms with E-state index in [0.717, 1.165) is 11.8 Å². The summed E-state index contributed by atoms with van der Waals surface area (Å²) in [7, 11) is 1.54. The highest BCUT2D eigenvalue weighted by Gasteiger charge is 2.30. The first-order valence-electron chi connectivity index (χ1n) is 9.91. The average molecular weight is 454 g/mol. The number of hydrogen-bond donors (Lipinski definition) is 3. The SMILES string of the molecule is CCOc1cc([C@@H]2CC(=O)NC(SCC(=O)Nc3cccc(OC)c3)=C2C#N)ccc1O. The van der Waals surface area contributed by atoms with Crippen LogP contribution in [-0.4, -0.2) is 36.4 Å². The summed E-state index contributed by atoms with van der Waals surface area (Å²) in [6.07, 6.45) is 0.0826. The van der Waals surface area contributed by atoms with E-state index in [4.69, 9.17) is 9.47 Å². The number of amides is 2. The van der Waals surface area contributed by atoms with Crippen LogP contribution in [0.2, 0.25) is 0 Å². The number of allylic oxidation sites excluding steroid dienone is 1. The molecule has 2 aromatic rings. The van der Waals surface area contributed by atoms with Crippen LogP contribution in [0.25, 0.3) is 0 Å². The zero-order valence-electron chi connectivity index (χ0n) is 17.7. The minimum atomic E-state index is -0.502. The molecule has 2 amide bonds. The monoisotopic (exact) mass is 453 g/mol. The lowest BCUT2D eigenvalue weighted by Crippen LogP contribution is -2.31. The molecule has 0 aliphatic carbocycles. The van der Waals surface area contributed by atoms with Gasteiger partial charge in [-0.3, -0.25) is 9.59 Å². The van der Waals surface area contributed by atoms with E-state index < -0.39 is 5.92 Å². The number of nitriles is 1. The van der Waals surface area contributed by atoms with E-state index in [2.05, 4.69) is 16.7 Å². The predicted octanol–water partition coefficient (Wildman–Crippen LogP) is 3.51. The molecule has 1 aliphatic heterocycles. The minimum Gasteiger partial charge on any atom is -0.504 e. The van der Waals surface area contributed by atoms with Crippen LogP contribution in [-0.2, 0) is 9.59 Å². The molecule has 32 heavy (non-hydrogen) atoms.